The summed E-state index contributed by atoms with van der Waals surface area (Å²) in [6, 6.07) is 4.00. The van der Waals surface area contributed by atoms with Crippen molar-refractivity contribution in [2.45, 2.75) is 16.3 Å². The lowest BCUT2D eigenvalue weighted by molar-refractivity contribution is -0.137. The summed E-state index contributed by atoms with van der Waals surface area (Å²) in [7, 11) is 0. The van der Waals surface area contributed by atoms with Gasteiger partial charge < -0.3 is 9.15 Å². The van der Waals surface area contributed by atoms with E-state index in [1.807, 2.05) is 41.4 Å². The molecule has 0 spiro atoms. The van der Waals surface area contributed by atoms with Crippen molar-refractivity contribution in [3.05, 3.63) is 36.8 Å². The summed E-state index contributed by atoms with van der Waals surface area (Å²) in [6.07, 6.45) is 4.13. The number of carbonyl (C=O) groups excluding carboxylic acids is 1. The quantitative estimate of drug-likeness (QED) is 0.408. The van der Waals surface area contributed by atoms with Gasteiger partial charge >= 0.3 is 5.97 Å². The molecule has 1 aromatic rings. The zero-order valence-electron chi connectivity index (χ0n) is 11.2. The second-order valence-corrected chi connectivity index (χ2v) is 8.28. The van der Waals surface area contributed by atoms with Crippen LogP contribution in [0.5, 0.6) is 0 Å². The Kier molecular flexibility index (Phi) is 6.96. The molecule has 3 nitrogen and oxygen atoms in total. The normalized spacial score (nSPS) is 21.8. The number of hydrogen-bond donors (Lipinski definition) is 0. The summed E-state index contributed by atoms with van der Waals surface area (Å²) in [5, 5.41) is 0.693. The Labute approximate surface area is 132 Å². The van der Waals surface area contributed by atoms with Gasteiger partial charge in [-0.2, -0.15) is 11.8 Å². The fourth-order valence-corrected chi connectivity index (χ4v) is 6.05. The second kappa shape index (κ2) is 8.74. The smallest absolute Gasteiger partial charge is 0.330 e. The Balaban J connectivity index is 1.53. The maximum Gasteiger partial charge on any atom is 0.330 e. The zero-order chi connectivity index (χ0) is 14.2. The molecule has 0 radical (unpaired) electrons. The third-order valence-corrected chi connectivity index (χ3v) is 7.08. The molecule has 0 bridgehead atoms. The van der Waals surface area contributed by atoms with Crippen molar-refractivity contribution in [3.8, 4) is 0 Å². The molecule has 0 N–H and O–H groups in total. The molecule has 2 heterocycles. The van der Waals surface area contributed by atoms with Crippen LogP contribution in [-0.2, 0) is 9.53 Å². The van der Waals surface area contributed by atoms with E-state index in [0.29, 0.717) is 16.4 Å². The molecule has 1 aliphatic rings. The van der Waals surface area contributed by atoms with E-state index in [9.17, 15) is 4.79 Å². The van der Waals surface area contributed by atoms with Gasteiger partial charge in [0.25, 0.3) is 0 Å². The third-order valence-electron chi connectivity index (χ3n) is 2.75. The minimum absolute atomic E-state index is 0.338. The summed E-state index contributed by atoms with van der Waals surface area (Å²) in [5.74, 6) is 3.88. The second-order valence-electron chi connectivity index (χ2n) is 4.21. The number of furan rings is 1. The molecule has 1 fully saturated rings. The SMILES string of the molecule is C=CC(=O)OCCSCCC1CSC(c2ccco2)S1. The largest absolute Gasteiger partial charge is 0.467 e. The van der Waals surface area contributed by atoms with Gasteiger partial charge in [0.2, 0.25) is 0 Å². The van der Waals surface area contributed by atoms with Crippen LogP contribution in [0.4, 0.5) is 0 Å². The number of thioether (sulfide) groups is 3. The fourth-order valence-electron chi connectivity index (χ4n) is 1.75. The molecule has 0 saturated carbocycles. The van der Waals surface area contributed by atoms with Gasteiger partial charge in [-0.3, -0.25) is 0 Å². The highest BCUT2D eigenvalue weighted by atomic mass is 32.2. The molecular weight excluding hydrogens is 312 g/mol. The number of ether oxygens (including phenoxy) is 1. The molecule has 2 rings (SSSR count). The van der Waals surface area contributed by atoms with E-state index in [2.05, 4.69) is 12.6 Å². The molecular formula is C14H18O3S3. The topological polar surface area (TPSA) is 39.4 Å². The maximum absolute atomic E-state index is 10.8. The lowest BCUT2D eigenvalue weighted by Crippen LogP contribution is -2.06. The van der Waals surface area contributed by atoms with E-state index in [0.717, 1.165) is 17.3 Å². The predicted molar refractivity (Wildman–Crippen MR) is 88.4 cm³/mol. The van der Waals surface area contributed by atoms with Gasteiger partial charge in [0.1, 0.15) is 16.9 Å². The molecule has 2 unspecified atom stereocenters. The molecule has 0 aliphatic carbocycles. The lowest BCUT2D eigenvalue weighted by Gasteiger charge is -2.08. The van der Waals surface area contributed by atoms with Gasteiger partial charge in [-0.15, -0.1) is 23.5 Å². The van der Waals surface area contributed by atoms with Crippen LogP contribution in [0.15, 0.2) is 35.5 Å². The first-order chi connectivity index (χ1) is 9.79. The van der Waals surface area contributed by atoms with Gasteiger partial charge in [0, 0.05) is 22.8 Å². The predicted octanol–water partition coefficient (Wildman–Crippen LogP) is 3.98. The molecule has 6 heteroatoms. The van der Waals surface area contributed by atoms with Crippen LogP contribution >= 0.6 is 35.3 Å². The molecule has 1 aromatic heterocycles. The van der Waals surface area contributed by atoms with Crippen LogP contribution in [0.1, 0.15) is 16.8 Å². The molecule has 1 saturated heterocycles. The standard InChI is InChI=1S/C14H18O3S3/c1-2-13(15)17-7-9-18-8-5-11-10-19-14(20-11)12-4-3-6-16-12/h2-4,6,11,14H,1,5,7-10H2. The lowest BCUT2D eigenvalue weighted by atomic mass is 10.4. The average molecular weight is 330 g/mol. The van der Waals surface area contributed by atoms with Crippen molar-refractivity contribution in [3.63, 3.8) is 0 Å². The summed E-state index contributed by atoms with van der Waals surface area (Å²) < 4.78 is 10.8. The Morgan fingerprint density at radius 3 is 3.25 bits per heavy atom. The third kappa shape index (κ3) is 5.14. The van der Waals surface area contributed by atoms with Crippen LogP contribution in [0.25, 0.3) is 0 Å². The summed E-state index contributed by atoms with van der Waals surface area (Å²) in [5.41, 5.74) is 0. The maximum atomic E-state index is 10.8. The first-order valence-electron chi connectivity index (χ1n) is 6.47. The van der Waals surface area contributed by atoms with E-state index in [-0.39, 0.29) is 5.97 Å². The van der Waals surface area contributed by atoms with E-state index in [1.165, 1.54) is 18.2 Å². The highest BCUT2D eigenvalue weighted by Crippen LogP contribution is 2.50. The number of esters is 1. The van der Waals surface area contributed by atoms with Crippen molar-refractivity contribution in [1.29, 1.82) is 0 Å². The molecule has 0 aromatic carbocycles. The van der Waals surface area contributed by atoms with Crippen molar-refractivity contribution in [1.82, 2.24) is 0 Å². The Hall–Kier alpha value is -0.460. The van der Waals surface area contributed by atoms with Gasteiger partial charge in [-0.1, -0.05) is 6.58 Å². The number of hydrogen-bond acceptors (Lipinski definition) is 6. The van der Waals surface area contributed by atoms with Crippen LogP contribution in [0.3, 0.4) is 0 Å². The van der Waals surface area contributed by atoms with Crippen LogP contribution in [-0.4, -0.2) is 35.1 Å². The minimum Gasteiger partial charge on any atom is -0.467 e. The molecule has 20 heavy (non-hydrogen) atoms. The Bertz CT molecular complexity index is 419. The van der Waals surface area contributed by atoms with Gasteiger partial charge in [0.05, 0.1) is 6.26 Å². The summed E-state index contributed by atoms with van der Waals surface area (Å²) in [6.45, 7) is 3.83. The van der Waals surface area contributed by atoms with E-state index in [1.54, 1.807) is 6.26 Å². The Morgan fingerprint density at radius 1 is 1.60 bits per heavy atom. The Morgan fingerprint density at radius 2 is 2.50 bits per heavy atom. The van der Waals surface area contributed by atoms with Crippen LogP contribution in [0.2, 0.25) is 0 Å². The van der Waals surface area contributed by atoms with Crippen LogP contribution < -0.4 is 0 Å². The van der Waals surface area contributed by atoms with E-state index in [4.69, 9.17) is 9.15 Å². The average Bonchev–Trinajstić information content (AvgIpc) is 3.12. The minimum atomic E-state index is -0.338. The van der Waals surface area contributed by atoms with Crippen LogP contribution in [0, 0.1) is 0 Å². The highest BCUT2D eigenvalue weighted by molar-refractivity contribution is 8.19. The van der Waals surface area contributed by atoms with E-state index < -0.39 is 0 Å². The molecule has 110 valence electrons. The monoisotopic (exact) mass is 330 g/mol. The zero-order valence-corrected chi connectivity index (χ0v) is 13.6. The number of carbonyl (C=O) groups is 1. The first-order valence-corrected chi connectivity index (χ1v) is 9.61. The van der Waals surface area contributed by atoms with Crippen molar-refractivity contribution in [2.75, 3.05) is 23.9 Å². The van der Waals surface area contributed by atoms with Crippen molar-refractivity contribution in [2.24, 2.45) is 0 Å². The molecule has 2 atom stereocenters. The van der Waals surface area contributed by atoms with Crippen molar-refractivity contribution < 1.29 is 13.9 Å². The van der Waals surface area contributed by atoms with Gasteiger partial charge in [-0.25, -0.2) is 4.79 Å². The number of rotatable bonds is 8. The first kappa shape index (κ1) is 15.9. The molecule has 0 amide bonds. The summed E-state index contributed by atoms with van der Waals surface area (Å²) in [4.78, 5) is 10.8. The van der Waals surface area contributed by atoms with E-state index >= 15 is 0 Å². The van der Waals surface area contributed by atoms with Gasteiger partial charge in [-0.05, 0) is 24.3 Å². The summed E-state index contributed by atoms with van der Waals surface area (Å²) >= 11 is 5.79. The van der Waals surface area contributed by atoms with Crippen molar-refractivity contribution >= 4 is 41.3 Å². The fraction of sp³-hybridized carbons (Fsp3) is 0.500. The highest BCUT2D eigenvalue weighted by Gasteiger charge is 2.28. The van der Waals surface area contributed by atoms with Gasteiger partial charge in [0.15, 0.2) is 0 Å². The molecule has 1 aliphatic heterocycles.